The highest BCUT2D eigenvalue weighted by molar-refractivity contribution is 4.82. The molecule has 0 spiro atoms. The van der Waals surface area contributed by atoms with Crippen LogP contribution in [0.3, 0.4) is 0 Å². The summed E-state index contributed by atoms with van der Waals surface area (Å²) in [5.74, 6) is 0. The van der Waals surface area contributed by atoms with Crippen molar-refractivity contribution in [2.45, 2.75) is 37.8 Å². The van der Waals surface area contributed by atoms with E-state index in [1.54, 1.807) is 0 Å². The summed E-state index contributed by atoms with van der Waals surface area (Å²) in [5.41, 5.74) is 0. The molecule has 1 aliphatic heterocycles. The summed E-state index contributed by atoms with van der Waals surface area (Å²) in [4.78, 5) is 2.53. The Hall–Kier alpha value is -0.120. The molecule has 2 aliphatic rings. The number of likely N-dealkylation sites (N-methyl/N-ethyl adjacent to an activating group) is 1. The lowest BCUT2D eigenvalue weighted by atomic mass is 10.2. The normalized spacial score (nSPS) is 24.4. The molecule has 0 unspecified atom stereocenters. The Kier molecular flexibility index (Phi) is 3.79. The van der Waals surface area contributed by atoms with Gasteiger partial charge in [-0.25, -0.2) is 0 Å². The van der Waals surface area contributed by atoms with Crippen molar-refractivity contribution in [3.05, 3.63) is 0 Å². The molecule has 0 aromatic heterocycles. The van der Waals surface area contributed by atoms with Crippen LogP contribution in [-0.4, -0.2) is 50.2 Å². The lowest BCUT2D eigenvalue weighted by molar-refractivity contribution is 0.236. The van der Waals surface area contributed by atoms with Crippen LogP contribution >= 0.6 is 0 Å². The lowest BCUT2D eigenvalue weighted by Gasteiger charge is -2.30. The van der Waals surface area contributed by atoms with E-state index in [1.807, 2.05) is 0 Å². The van der Waals surface area contributed by atoms with Crippen LogP contribution in [0.25, 0.3) is 0 Å². The molecule has 1 heterocycles. The monoisotopic (exact) mass is 197 g/mol. The molecule has 2 fully saturated rings. The molecule has 0 aromatic rings. The third-order valence-corrected chi connectivity index (χ3v) is 3.63. The number of hydrogen-bond donors (Lipinski definition) is 2. The average molecular weight is 197 g/mol. The molecule has 82 valence electrons. The second-order valence-electron chi connectivity index (χ2n) is 4.73. The molecule has 0 bridgehead atoms. The SMILES string of the molecule is CN(CCNC1CNC1)C1CCCC1. The Balaban J connectivity index is 1.54. The van der Waals surface area contributed by atoms with Crippen molar-refractivity contribution in [1.82, 2.24) is 15.5 Å². The summed E-state index contributed by atoms with van der Waals surface area (Å²) in [6.45, 7) is 4.68. The van der Waals surface area contributed by atoms with Gasteiger partial charge in [0.2, 0.25) is 0 Å². The van der Waals surface area contributed by atoms with Crippen molar-refractivity contribution >= 4 is 0 Å². The summed E-state index contributed by atoms with van der Waals surface area (Å²) in [5, 5.41) is 6.85. The molecule has 2 N–H and O–H groups in total. The maximum absolute atomic E-state index is 3.57. The first-order chi connectivity index (χ1) is 6.86. The number of hydrogen-bond acceptors (Lipinski definition) is 3. The van der Waals surface area contributed by atoms with E-state index in [1.165, 1.54) is 32.2 Å². The van der Waals surface area contributed by atoms with Gasteiger partial charge in [0.15, 0.2) is 0 Å². The fraction of sp³-hybridized carbons (Fsp3) is 1.00. The van der Waals surface area contributed by atoms with Crippen molar-refractivity contribution in [3.63, 3.8) is 0 Å². The van der Waals surface area contributed by atoms with Gasteiger partial charge in [-0.05, 0) is 19.9 Å². The maximum Gasteiger partial charge on any atom is 0.0318 e. The molecule has 14 heavy (non-hydrogen) atoms. The molecule has 1 saturated heterocycles. The molecule has 0 amide bonds. The Labute approximate surface area is 87.2 Å². The Bertz CT molecular complexity index is 162. The molecule has 1 aliphatic carbocycles. The Morgan fingerprint density at radius 3 is 2.57 bits per heavy atom. The second-order valence-corrected chi connectivity index (χ2v) is 4.73. The first kappa shape index (κ1) is 10.4. The van der Waals surface area contributed by atoms with Gasteiger partial charge >= 0.3 is 0 Å². The van der Waals surface area contributed by atoms with Gasteiger partial charge in [0.1, 0.15) is 0 Å². The predicted octanol–water partition coefficient (Wildman–Crippen LogP) is 0.422. The zero-order valence-corrected chi connectivity index (χ0v) is 9.26. The molecule has 3 nitrogen and oxygen atoms in total. The Morgan fingerprint density at radius 2 is 2.00 bits per heavy atom. The van der Waals surface area contributed by atoms with Crippen molar-refractivity contribution in [2.75, 3.05) is 33.2 Å². The van der Waals surface area contributed by atoms with Crippen LogP contribution in [0.1, 0.15) is 25.7 Å². The minimum atomic E-state index is 0.743. The zero-order valence-electron chi connectivity index (χ0n) is 9.26. The topological polar surface area (TPSA) is 27.3 Å². The van der Waals surface area contributed by atoms with Crippen molar-refractivity contribution in [1.29, 1.82) is 0 Å². The van der Waals surface area contributed by atoms with E-state index in [9.17, 15) is 0 Å². The van der Waals surface area contributed by atoms with Gasteiger partial charge in [0, 0.05) is 38.3 Å². The molecule has 2 rings (SSSR count). The fourth-order valence-electron chi connectivity index (χ4n) is 2.41. The third kappa shape index (κ3) is 2.69. The molecule has 0 radical (unpaired) electrons. The van der Waals surface area contributed by atoms with E-state index in [4.69, 9.17) is 0 Å². The van der Waals surface area contributed by atoms with Crippen LogP contribution in [0.5, 0.6) is 0 Å². The van der Waals surface area contributed by atoms with Crippen LogP contribution in [0, 0.1) is 0 Å². The number of nitrogens with zero attached hydrogens (tertiary/aromatic N) is 1. The molecule has 0 aromatic carbocycles. The molecule has 0 atom stereocenters. The summed E-state index contributed by atoms with van der Waals surface area (Å²) in [7, 11) is 2.27. The first-order valence-corrected chi connectivity index (χ1v) is 6.00. The van der Waals surface area contributed by atoms with E-state index in [-0.39, 0.29) is 0 Å². The summed E-state index contributed by atoms with van der Waals surface area (Å²) in [6.07, 6.45) is 5.72. The quantitative estimate of drug-likeness (QED) is 0.669. The van der Waals surface area contributed by atoms with Crippen LogP contribution in [0.2, 0.25) is 0 Å². The summed E-state index contributed by atoms with van der Waals surface area (Å²) < 4.78 is 0. The second kappa shape index (κ2) is 5.10. The van der Waals surface area contributed by atoms with Gasteiger partial charge < -0.3 is 15.5 Å². The highest BCUT2D eigenvalue weighted by Crippen LogP contribution is 2.21. The van der Waals surface area contributed by atoms with Crippen LogP contribution < -0.4 is 10.6 Å². The van der Waals surface area contributed by atoms with E-state index < -0.39 is 0 Å². The van der Waals surface area contributed by atoms with Gasteiger partial charge in [0.25, 0.3) is 0 Å². The smallest absolute Gasteiger partial charge is 0.0318 e. The van der Waals surface area contributed by atoms with Crippen molar-refractivity contribution < 1.29 is 0 Å². The lowest BCUT2D eigenvalue weighted by Crippen LogP contribution is -2.56. The van der Waals surface area contributed by atoms with Gasteiger partial charge in [-0.1, -0.05) is 12.8 Å². The fourth-order valence-corrected chi connectivity index (χ4v) is 2.41. The third-order valence-electron chi connectivity index (χ3n) is 3.63. The van der Waals surface area contributed by atoms with Gasteiger partial charge in [-0.15, -0.1) is 0 Å². The highest BCUT2D eigenvalue weighted by Gasteiger charge is 2.20. The number of nitrogens with one attached hydrogen (secondary N) is 2. The highest BCUT2D eigenvalue weighted by atomic mass is 15.2. The van der Waals surface area contributed by atoms with Crippen molar-refractivity contribution in [2.24, 2.45) is 0 Å². The molecule has 1 saturated carbocycles. The molecular weight excluding hydrogens is 174 g/mol. The van der Waals surface area contributed by atoms with Crippen molar-refractivity contribution in [3.8, 4) is 0 Å². The molecular formula is C11H23N3. The van der Waals surface area contributed by atoms with E-state index >= 15 is 0 Å². The number of rotatable bonds is 5. The van der Waals surface area contributed by atoms with E-state index in [0.29, 0.717) is 0 Å². The summed E-state index contributed by atoms with van der Waals surface area (Å²) >= 11 is 0. The minimum absolute atomic E-state index is 0.743. The van der Waals surface area contributed by atoms with E-state index in [2.05, 4.69) is 22.6 Å². The average Bonchev–Trinajstić information content (AvgIpc) is 2.61. The maximum atomic E-state index is 3.57. The van der Waals surface area contributed by atoms with Crippen LogP contribution in [0.4, 0.5) is 0 Å². The van der Waals surface area contributed by atoms with Gasteiger partial charge in [-0.3, -0.25) is 0 Å². The van der Waals surface area contributed by atoms with E-state index in [0.717, 1.165) is 31.7 Å². The van der Waals surface area contributed by atoms with Crippen LogP contribution in [-0.2, 0) is 0 Å². The Morgan fingerprint density at radius 1 is 1.29 bits per heavy atom. The standard InChI is InChI=1S/C11H23N3/c1-14(11-4-2-3-5-11)7-6-13-10-8-12-9-10/h10-13H,2-9H2,1H3. The van der Waals surface area contributed by atoms with Crippen LogP contribution in [0.15, 0.2) is 0 Å². The minimum Gasteiger partial charge on any atom is -0.314 e. The first-order valence-electron chi connectivity index (χ1n) is 6.00. The molecule has 3 heteroatoms. The zero-order chi connectivity index (χ0) is 9.80. The largest absolute Gasteiger partial charge is 0.314 e. The van der Waals surface area contributed by atoms with Gasteiger partial charge in [-0.2, -0.15) is 0 Å². The summed E-state index contributed by atoms with van der Waals surface area (Å²) in [6, 6.07) is 1.61. The predicted molar refractivity (Wildman–Crippen MR) is 59.5 cm³/mol. The van der Waals surface area contributed by atoms with Gasteiger partial charge in [0.05, 0.1) is 0 Å².